The van der Waals surface area contributed by atoms with Gasteiger partial charge in [-0.3, -0.25) is 0 Å². The summed E-state index contributed by atoms with van der Waals surface area (Å²) < 4.78 is 12.9. The fourth-order valence-electron chi connectivity index (χ4n) is 5.81. The van der Waals surface area contributed by atoms with Crippen LogP contribution in [0.1, 0.15) is 64.2 Å². The molecule has 2 fully saturated rings. The van der Waals surface area contributed by atoms with Crippen LogP contribution in [0.4, 0.5) is 11.4 Å². The Morgan fingerprint density at radius 2 is 1.00 bits per heavy atom. The Hall–Kier alpha value is -2.10. The Morgan fingerprint density at radius 1 is 0.571 bits per heavy atom. The second-order valence-electron chi connectivity index (χ2n) is 9.13. The molecule has 28 heavy (non-hydrogen) atoms. The maximum Gasteiger partial charge on any atom is 0.172 e. The first-order valence-corrected chi connectivity index (χ1v) is 11.3. The molecule has 6 rings (SSSR count). The predicted molar refractivity (Wildman–Crippen MR) is 113 cm³/mol. The van der Waals surface area contributed by atoms with Crippen molar-refractivity contribution in [2.75, 3.05) is 10.6 Å². The lowest BCUT2D eigenvalue weighted by Gasteiger charge is -2.39. The van der Waals surface area contributed by atoms with Gasteiger partial charge in [0, 0.05) is 23.2 Å². The summed E-state index contributed by atoms with van der Waals surface area (Å²) in [6, 6.07) is 8.73. The maximum absolute atomic E-state index is 6.47. The normalized spacial score (nSPS) is 27.4. The number of nitrogens with one attached hydrogen (secondary N) is 2. The van der Waals surface area contributed by atoms with Gasteiger partial charge in [0.1, 0.15) is 11.5 Å². The van der Waals surface area contributed by atoms with Crippen molar-refractivity contribution >= 4 is 22.1 Å². The van der Waals surface area contributed by atoms with E-state index < -0.39 is 0 Å². The van der Waals surface area contributed by atoms with Gasteiger partial charge in [0.25, 0.3) is 0 Å². The van der Waals surface area contributed by atoms with Gasteiger partial charge in [-0.2, -0.15) is 0 Å². The van der Waals surface area contributed by atoms with Gasteiger partial charge in [-0.1, -0.05) is 38.5 Å². The number of hydrogen-bond acceptors (Lipinski definition) is 4. The summed E-state index contributed by atoms with van der Waals surface area (Å²) in [5, 5.41) is 9.76. The smallest absolute Gasteiger partial charge is 0.172 e. The fraction of sp³-hybridized carbons (Fsp3) is 0.583. The van der Waals surface area contributed by atoms with Crippen LogP contribution in [0.15, 0.2) is 24.3 Å². The van der Waals surface area contributed by atoms with Gasteiger partial charge >= 0.3 is 0 Å². The van der Waals surface area contributed by atoms with Gasteiger partial charge in [0.05, 0.1) is 10.8 Å². The minimum absolute atomic E-state index is 0.0968. The summed E-state index contributed by atoms with van der Waals surface area (Å²) in [7, 11) is 0. The van der Waals surface area contributed by atoms with Crippen molar-refractivity contribution in [3.8, 4) is 11.5 Å². The molecule has 2 atom stereocenters. The van der Waals surface area contributed by atoms with Crippen LogP contribution in [0, 0.1) is 11.8 Å². The molecule has 2 N–H and O–H groups in total. The zero-order valence-corrected chi connectivity index (χ0v) is 16.5. The summed E-state index contributed by atoms with van der Waals surface area (Å²) in [5.41, 5.74) is 2.39. The van der Waals surface area contributed by atoms with Gasteiger partial charge in [0.2, 0.25) is 0 Å². The minimum atomic E-state index is 0.0968. The molecule has 4 nitrogen and oxygen atoms in total. The van der Waals surface area contributed by atoms with Crippen molar-refractivity contribution in [2.24, 2.45) is 11.8 Å². The molecule has 2 unspecified atom stereocenters. The predicted octanol–water partition coefficient (Wildman–Crippen LogP) is 6.26. The Labute approximate surface area is 167 Å². The van der Waals surface area contributed by atoms with E-state index in [1.165, 1.54) is 86.4 Å². The molecule has 2 aliphatic heterocycles. The Balaban J connectivity index is 1.33. The van der Waals surface area contributed by atoms with Crippen molar-refractivity contribution in [3.05, 3.63) is 24.3 Å². The van der Waals surface area contributed by atoms with Crippen LogP contribution in [0.3, 0.4) is 0 Å². The quantitative estimate of drug-likeness (QED) is 0.647. The summed E-state index contributed by atoms with van der Waals surface area (Å²) in [5.74, 6) is 3.22. The van der Waals surface area contributed by atoms with Gasteiger partial charge in [-0.15, -0.1) is 0 Å². The van der Waals surface area contributed by atoms with Crippen molar-refractivity contribution < 1.29 is 9.47 Å². The Bertz CT molecular complexity index is 761. The van der Waals surface area contributed by atoms with E-state index in [1.54, 1.807) is 0 Å². The lowest BCUT2D eigenvalue weighted by Crippen LogP contribution is -2.39. The first-order chi connectivity index (χ1) is 13.9. The molecule has 0 saturated heterocycles. The summed E-state index contributed by atoms with van der Waals surface area (Å²) in [4.78, 5) is 0. The van der Waals surface area contributed by atoms with Crippen LogP contribution in [-0.2, 0) is 0 Å². The monoisotopic (exact) mass is 378 g/mol. The first-order valence-electron chi connectivity index (χ1n) is 11.3. The molecular formula is C24H30N2O2. The lowest BCUT2D eigenvalue weighted by atomic mass is 9.86. The fourth-order valence-corrected chi connectivity index (χ4v) is 5.81. The molecule has 4 aliphatic rings. The van der Waals surface area contributed by atoms with E-state index in [9.17, 15) is 0 Å². The molecule has 2 saturated carbocycles. The molecular weight excluding hydrogens is 348 g/mol. The molecule has 2 aromatic carbocycles. The standard InChI is InChI=1S/C24H30N2O2/c1-3-7-15(8-4-1)23-25-17-11-14-20-22-18(12-13-19(27-23)21(17)22)26-24(28-20)16-9-5-2-6-10-16/h11-16,23-26H,1-10H2. The van der Waals surface area contributed by atoms with Crippen LogP contribution in [0.2, 0.25) is 0 Å². The largest absolute Gasteiger partial charge is 0.470 e. The van der Waals surface area contributed by atoms with E-state index in [4.69, 9.17) is 9.47 Å². The zero-order valence-electron chi connectivity index (χ0n) is 16.5. The molecule has 0 amide bonds. The minimum Gasteiger partial charge on any atom is -0.470 e. The highest BCUT2D eigenvalue weighted by atomic mass is 16.5. The Morgan fingerprint density at radius 3 is 1.43 bits per heavy atom. The second-order valence-corrected chi connectivity index (χ2v) is 9.13. The molecule has 0 spiro atoms. The molecule has 4 heteroatoms. The summed E-state index contributed by atoms with van der Waals surface area (Å²) in [6.45, 7) is 0. The molecule has 2 aromatic rings. The van der Waals surface area contributed by atoms with E-state index in [1.807, 2.05) is 0 Å². The molecule has 2 aliphatic carbocycles. The van der Waals surface area contributed by atoms with E-state index in [2.05, 4.69) is 34.9 Å². The first kappa shape index (κ1) is 16.8. The van der Waals surface area contributed by atoms with Crippen molar-refractivity contribution in [2.45, 2.75) is 76.7 Å². The van der Waals surface area contributed by atoms with Gasteiger partial charge in [-0.05, 0) is 49.9 Å². The number of rotatable bonds is 2. The van der Waals surface area contributed by atoms with Gasteiger partial charge in [-0.25, -0.2) is 0 Å². The maximum atomic E-state index is 6.47. The SMILES string of the molecule is c1cc2c3c(ccc4c3c1NC(C1CCCCC1)O4)NC(C1CCCCC1)O2. The number of hydrogen-bond donors (Lipinski definition) is 2. The third-order valence-electron chi connectivity index (χ3n) is 7.34. The summed E-state index contributed by atoms with van der Waals surface area (Å²) in [6.07, 6.45) is 13.3. The van der Waals surface area contributed by atoms with Gasteiger partial charge in [0.15, 0.2) is 12.5 Å². The second kappa shape index (κ2) is 6.75. The third kappa shape index (κ3) is 2.72. The highest BCUT2D eigenvalue weighted by molar-refractivity contribution is 6.10. The number of benzene rings is 2. The van der Waals surface area contributed by atoms with Gasteiger partial charge < -0.3 is 20.1 Å². The molecule has 2 heterocycles. The van der Waals surface area contributed by atoms with E-state index in [0.717, 1.165) is 11.5 Å². The average molecular weight is 379 g/mol. The van der Waals surface area contributed by atoms with Crippen molar-refractivity contribution in [1.29, 1.82) is 0 Å². The van der Waals surface area contributed by atoms with Crippen LogP contribution < -0.4 is 20.1 Å². The molecule has 148 valence electrons. The Kier molecular flexibility index (Phi) is 4.06. The molecule has 0 bridgehead atoms. The number of anilines is 2. The van der Waals surface area contributed by atoms with Crippen molar-refractivity contribution in [3.63, 3.8) is 0 Å². The molecule has 0 aromatic heterocycles. The third-order valence-corrected chi connectivity index (χ3v) is 7.34. The molecule has 0 radical (unpaired) electrons. The van der Waals surface area contributed by atoms with E-state index in [-0.39, 0.29) is 12.5 Å². The lowest BCUT2D eigenvalue weighted by molar-refractivity contribution is 0.126. The van der Waals surface area contributed by atoms with Crippen LogP contribution in [0.25, 0.3) is 10.8 Å². The van der Waals surface area contributed by atoms with Crippen LogP contribution in [-0.4, -0.2) is 12.5 Å². The summed E-state index contributed by atoms with van der Waals surface area (Å²) >= 11 is 0. The van der Waals surface area contributed by atoms with E-state index >= 15 is 0 Å². The topological polar surface area (TPSA) is 42.5 Å². The van der Waals surface area contributed by atoms with Crippen molar-refractivity contribution in [1.82, 2.24) is 0 Å². The van der Waals surface area contributed by atoms with Crippen LogP contribution in [0.5, 0.6) is 11.5 Å². The average Bonchev–Trinajstić information content (AvgIpc) is 2.78. The highest BCUT2D eigenvalue weighted by Gasteiger charge is 2.34. The zero-order chi connectivity index (χ0) is 18.5. The van der Waals surface area contributed by atoms with Crippen LogP contribution >= 0.6 is 0 Å². The number of ether oxygens (including phenoxy) is 2. The van der Waals surface area contributed by atoms with E-state index in [0.29, 0.717) is 11.8 Å². The highest BCUT2D eigenvalue weighted by Crippen LogP contribution is 2.49.